The van der Waals surface area contributed by atoms with Gasteiger partial charge in [-0.3, -0.25) is 0 Å². The molecule has 0 heterocycles. The van der Waals surface area contributed by atoms with Crippen LogP contribution in [0.5, 0.6) is 0 Å². The fraction of sp³-hybridized carbons (Fsp3) is 0.333. The predicted molar refractivity (Wildman–Crippen MR) is 67.1 cm³/mol. The largest absolute Gasteiger partial charge is 0.383 e. The summed E-state index contributed by atoms with van der Waals surface area (Å²) in [5, 5.41) is 3.36. The van der Waals surface area contributed by atoms with Crippen LogP contribution >= 0.6 is 15.9 Å². The summed E-state index contributed by atoms with van der Waals surface area (Å²) in [5.74, 6) is 0. The summed E-state index contributed by atoms with van der Waals surface area (Å²) < 4.78 is 6.13. The molecule has 82 valence electrons. The van der Waals surface area contributed by atoms with Gasteiger partial charge in [-0.25, -0.2) is 0 Å². The number of nitrogens with one attached hydrogen (secondary N) is 1. The Morgan fingerprint density at radius 1 is 1.47 bits per heavy atom. The first-order chi connectivity index (χ1) is 7.24. The third-order valence-corrected chi connectivity index (χ3v) is 2.36. The zero-order valence-corrected chi connectivity index (χ0v) is 10.5. The van der Waals surface area contributed by atoms with Gasteiger partial charge in [0.15, 0.2) is 0 Å². The van der Waals surface area contributed by atoms with Crippen molar-refractivity contribution >= 4 is 15.9 Å². The number of ether oxygens (including phenoxy) is 1. The van der Waals surface area contributed by atoms with E-state index in [2.05, 4.69) is 40.0 Å². The third-order valence-electron chi connectivity index (χ3n) is 2.08. The molecular weight excluding hydrogens is 254 g/mol. The van der Waals surface area contributed by atoms with Crippen LogP contribution in [0.3, 0.4) is 0 Å². The zero-order chi connectivity index (χ0) is 11.1. The minimum absolute atomic E-state index is 0.213. The highest BCUT2D eigenvalue weighted by atomic mass is 79.9. The van der Waals surface area contributed by atoms with Gasteiger partial charge in [0.1, 0.15) is 0 Å². The second kappa shape index (κ2) is 6.77. The smallest absolute Gasteiger partial charge is 0.0657 e. The van der Waals surface area contributed by atoms with Crippen molar-refractivity contribution in [3.63, 3.8) is 0 Å². The second-order valence-electron chi connectivity index (χ2n) is 3.32. The monoisotopic (exact) mass is 269 g/mol. The minimum Gasteiger partial charge on any atom is -0.383 e. The Morgan fingerprint density at radius 3 is 2.67 bits per heavy atom. The van der Waals surface area contributed by atoms with Crippen molar-refractivity contribution in [1.82, 2.24) is 5.32 Å². The summed E-state index contributed by atoms with van der Waals surface area (Å²) in [6.45, 7) is 5.19. The van der Waals surface area contributed by atoms with Gasteiger partial charge in [0.25, 0.3) is 0 Å². The van der Waals surface area contributed by atoms with E-state index in [0.717, 1.165) is 11.0 Å². The van der Waals surface area contributed by atoms with Gasteiger partial charge >= 0.3 is 0 Å². The van der Waals surface area contributed by atoms with E-state index in [1.807, 2.05) is 18.2 Å². The number of hydrogen-bond donors (Lipinski definition) is 1. The van der Waals surface area contributed by atoms with Gasteiger partial charge < -0.3 is 10.1 Å². The lowest BCUT2D eigenvalue weighted by Gasteiger charge is -2.18. The fourth-order valence-corrected chi connectivity index (χ4v) is 1.52. The van der Waals surface area contributed by atoms with Crippen molar-refractivity contribution in [3.8, 4) is 0 Å². The number of halogens is 1. The standard InChI is InChI=1S/C12H16BrNO/c1-10(13)8-14-12(9-15-2)11-6-4-3-5-7-11/h3-7,12,14H,1,8-9H2,2H3. The van der Waals surface area contributed by atoms with Crippen molar-refractivity contribution < 1.29 is 4.74 Å². The van der Waals surface area contributed by atoms with Crippen molar-refractivity contribution in [3.05, 3.63) is 47.0 Å². The molecule has 1 aromatic carbocycles. The van der Waals surface area contributed by atoms with Gasteiger partial charge in [-0.05, 0) is 5.56 Å². The Bertz CT molecular complexity index is 300. The quantitative estimate of drug-likeness (QED) is 0.858. The predicted octanol–water partition coefficient (Wildman–Crippen LogP) is 2.87. The van der Waals surface area contributed by atoms with Crippen LogP contribution in [0.2, 0.25) is 0 Å². The summed E-state index contributed by atoms with van der Waals surface area (Å²) in [4.78, 5) is 0. The molecule has 1 rings (SSSR count). The molecule has 0 saturated carbocycles. The van der Waals surface area contributed by atoms with Gasteiger partial charge in [-0.15, -0.1) is 0 Å². The molecule has 1 atom stereocenters. The molecule has 1 N–H and O–H groups in total. The van der Waals surface area contributed by atoms with Gasteiger partial charge in [0.05, 0.1) is 12.6 Å². The van der Waals surface area contributed by atoms with Gasteiger partial charge in [-0.2, -0.15) is 0 Å². The molecule has 0 bridgehead atoms. The van der Waals surface area contributed by atoms with Gasteiger partial charge in [-0.1, -0.05) is 52.8 Å². The Kier molecular flexibility index (Phi) is 5.61. The minimum atomic E-state index is 0.213. The van der Waals surface area contributed by atoms with E-state index in [1.54, 1.807) is 7.11 Å². The maximum absolute atomic E-state index is 5.18. The van der Waals surface area contributed by atoms with Crippen LogP contribution in [0, 0.1) is 0 Å². The molecule has 0 radical (unpaired) electrons. The first kappa shape index (κ1) is 12.4. The Balaban J connectivity index is 2.61. The van der Waals surface area contributed by atoms with Crippen LogP contribution in [0.25, 0.3) is 0 Å². The van der Waals surface area contributed by atoms with Crippen LogP contribution in [-0.4, -0.2) is 20.3 Å². The lowest BCUT2D eigenvalue weighted by molar-refractivity contribution is 0.168. The van der Waals surface area contributed by atoms with Crippen LogP contribution in [0.1, 0.15) is 11.6 Å². The molecular formula is C12H16BrNO. The molecule has 0 aliphatic heterocycles. The summed E-state index contributed by atoms with van der Waals surface area (Å²) in [6, 6.07) is 10.5. The van der Waals surface area contributed by atoms with E-state index in [1.165, 1.54) is 5.56 Å². The third kappa shape index (κ3) is 4.60. The van der Waals surface area contributed by atoms with Crippen molar-refractivity contribution in [1.29, 1.82) is 0 Å². The van der Waals surface area contributed by atoms with Crippen LogP contribution in [-0.2, 0) is 4.74 Å². The second-order valence-corrected chi connectivity index (χ2v) is 4.44. The van der Waals surface area contributed by atoms with Crippen LogP contribution < -0.4 is 5.32 Å². The summed E-state index contributed by atoms with van der Waals surface area (Å²) in [7, 11) is 1.71. The normalized spacial score (nSPS) is 12.4. The fourth-order valence-electron chi connectivity index (χ4n) is 1.36. The van der Waals surface area contributed by atoms with Crippen LogP contribution in [0.15, 0.2) is 41.4 Å². The molecule has 3 heteroatoms. The number of benzene rings is 1. The maximum Gasteiger partial charge on any atom is 0.0657 e. The summed E-state index contributed by atoms with van der Waals surface area (Å²) in [5.41, 5.74) is 1.23. The lowest BCUT2D eigenvalue weighted by atomic mass is 10.1. The average molecular weight is 270 g/mol. The SMILES string of the molecule is C=C(Br)CNC(COC)c1ccccc1. The molecule has 0 spiro atoms. The topological polar surface area (TPSA) is 21.3 Å². The van der Waals surface area contributed by atoms with E-state index in [0.29, 0.717) is 6.61 Å². The first-order valence-electron chi connectivity index (χ1n) is 4.84. The molecule has 1 unspecified atom stereocenters. The van der Waals surface area contributed by atoms with Crippen molar-refractivity contribution in [2.24, 2.45) is 0 Å². The van der Waals surface area contributed by atoms with E-state index >= 15 is 0 Å². The van der Waals surface area contributed by atoms with Crippen LogP contribution in [0.4, 0.5) is 0 Å². The number of methoxy groups -OCH3 is 1. The Hall–Kier alpha value is -0.640. The molecule has 0 amide bonds. The highest BCUT2D eigenvalue weighted by molar-refractivity contribution is 9.11. The van der Waals surface area contributed by atoms with Gasteiger partial charge in [0.2, 0.25) is 0 Å². The maximum atomic E-state index is 5.18. The summed E-state index contributed by atoms with van der Waals surface area (Å²) >= 11 is 3.33. The molecule has 0 aromatic heterocycles. The average Bonchev–Trinajstić information content (AvgIpc) is 2.25. The van der Waals surface area contributed by atoms with E-state index in [9.17, 15) is 0 Å². The molecule has 0 aliphatic rings. The first-order valence-corrected chi connectivity index (χ1v) is 5.64. The van der Waals surface area contributed by atoms with Crippen molar-refractivity contribution in [2.45, 2.75) is 6.04 Å². The van der Waals surface area contributed by atoms with Gasteiger partial charge in [0, 0.05) is 18.1 Å². The van der Waals surface area contributed by atoms with E-state index in [4.69, 9.17) is 4.74 Å². The lowest BCUT2D eigenvalue weighted by Crippen LogP contribution is -2.26. The highest BCUT2D eigenvalue weighted by Gasteiger charge is 2.09. The molecule has 0 fully saturated rings. The number of hydrogen-bond acceptors (Lipinski definition) is 2. The van der Waals surface area contributed by atoms with E-state index < -0.39 is 0 Å². The molecule has 2 nitrogen and oxygen atoms in total. The Morgan fingerprint density at radius 2 is 2.13 bits per heavy atom. The number of rotatable bonds is 6. The molecule has 15 heavy (non-hydrogen) atoms. The Labute approximate surface area is 99.5 Å². The molecule has 1 aromatic rings. The van der Waals surface area contributed by atoms with Crippen molar-refractivity contribution in [2.75, 3.05) is 20.3 Å². The zero-order valence-electron chi connectivity index (χ0n) is 8.87. The molecule has 0 saturated heterocycles. The summed E-state index contributed by atoms with van der Waals surface area (Å²) in [6.07, 6.45) is 0. The molecule has 0 aliphatic carbocycles. The highest BCUT2D eigenvalue weighted by Crippen LogP contribution is 2.13. The van der Waals surface area contributed by atoms with E-state index in [-0.39, 0.29) is 6.04 Å².